The van der Waals surface area contributed by atoms with Crippen molar-refractivity contribution >= 4 is 39.2 Å². The van der Waals surface area contributed by atoms with Gasteiger partial charge in [-0.3, -0.25) is 9.69 Å². The fraction of sp³-hybridized carbons (Fsp3) is 0.429. The highest BCUT2D eigenvalue weighted by molar-refractivity contribution is 9.11. The van der Waals surface area contributed by atoms with Crippen LogP contribution in [0.15, 0.2) is 21.4 Å². The topological polar surface area (TPSA) is 80.1 Å². The van der Waals surface area contributed by atoms with Gasteiger partial charge in [0.1, 0.15) is 6.04 Å². The van der Waals surface area contributed by atoms with Gasteiger partial charge in [-0.2, -0.15) is 0 Å². The molecule has 1 fully saturated rings. The molecule has 7 nitrogen and oxygen atoms in total. The number of carbonyl (C=O) groups is 2. The molecule has 3 rings (SSSR count). The molecule has 2 aromatic rings. The summed E-state index contributed by atoms with van der Waals surface area (Å²) in [5.74, 6) is -0.226. The lowest BCUT2D eigenvalue weighted by Crippen LogP contribution is -2.32. The molecule has 9 heteroatoms. The molecule has 1 N–H and O–H groups in total. The average Bonchev–Trinajstić information content (AvgIpc) is 3.17. The zero-order chi connectivity index (χ0) is 16.6. The van der Waals surface area contributed by atoms with Crippen LogP contribution in [0, 0.1) is 0 Å². The Labute approximate surface area is 145 Å². The van der Waals surface area contributed by atoms with E-state index in [2.05, 4.69) is 31.6 Å². The summed E-state index contributed by atoms with van der Waals surface area (Å²) in [6.45, 7) is 4.28. The first kappa shape index (κ1) is 16.1. The highest BCUT2D eigenvalue weighted by Gasteiger charge is 2.38. The Morgan fingerprint density at radius 3 is 2.83 bits per heavy atom. The highest BCUT2D eigenvalue weighted by Crippen LogP contribution is 2.23. The number of urea groups is 1. The van der Waals surface area contributed by atoms with Crippen molar-refractivity contribution in [3.63, 3.8) is 0 Å². The SMILES string of the molecule is CC(C)n1cc(C[C@@H]2NC(=O)N(Cc3csc(Br)c3)C2=O)nn1. The second-order valence-electron chi connectivity index (χ2n) is 5.67. The van der Waals surface area contributed by atoms with E-state index >= 15 is 0 Å². The third kappa shape index (κ3) is 3.45. The summed E-state index contributed by atoms with van der Waals surface area (Å²) >= 11 is 4.90. The predicted octanol–water partition coefficient (Wildman–Crippen LogP) is 2.35. The van der Waals surface area contributed by atoms with E-state index in [4.69, 9.17) is 0 Å². The molecule has 1 saturated heterocycles. The Kier molecular flexibility index (Phi) is 4.49. The second-order valence-corrected chi connectivity index (χ2v) is 7.96. The molecule has 0 aliphatic carbocycles. The molecule has 0 radical (unpaired) electrons. The summed E-state index contributed by atoms with van der Waals surface area (Å²) in [4.78, 5) is 25.7. The largest absolute Gasteiger partial charge is 0.325 e. The number of rotatable bonds is 5. The summed E-state index contributed by atoms with van der Waals surface area (Å²) in [7, 11) is 0. The van der Waals surface area contributed by atoms with Gasteiger partial charge in [0, 0.05) is 18.7 Å². The Bertz CT molecular complexity index is 741. The van der Waals surface area contributed by atoms with E-state index in [1.54, 1.807) is 4.68 Å². The zero-order valence-corrected chi connectivity index (χ0v) is 15.1. The van der Waals surface area contributed by atoms with Crippen LogP contribution in [0.5, 0.6) is 0 Å². The van der Waals surface area contributed by atoms with Crippen molar-refractivity contribution in [3.05, 3.63) is 32.7 Å². The minimum Gasteiger partial charge on any atom is -0.325 e. The van der Waals surface area contributed by atoms with E-state index in [1.165, 1.54) is 16.2 Å². The summed E-state index contributed by atoms with van der Waals surface area (Å²) in [6.07, 6.45) is 2.16. The van der Waals surface area contributed by atoms with Gasteiger partial charge in [-0.05, 0) is 46.8 Å². The third-order valence-corrected chi connectivity index (χ3v) is 5.12. The maximum Gasteiger partial charge on any atom is 0.325 e. The van der Waals surface area contributed by atoms with E-state index in [9.17, 15) is 9.59 Å². The Balaban J connectivity index is 1.67. The zero-order valence-electron chi connectivity index (χ0n) is 12.7. The van der Waals surface area contributed by atoms with Gasteiger partial charge in [-0.1, -0.05) is 5.21 Å². The van der Waals surface area contributed by atoms with Crippen molar-refractivity contribution in [2.75, 3.05) is 0 Å². The fourth-order valence-electron chi connectivity index (χ4n) is 2.34. The molecule has 0 unspecified atom stereocenters. The third-order valence-electron chi connectivity index (χ3n) is 3.57. The fourth-order valence-corrected chi connectivity index (χ4v) is 3.55. The molecule has 0 bridgehead atoms. The number of nitrogens with zero attached hydrogens (tertiary/aromatic N) is 4. The molecule has 0 spiro atoms. The number of nitrogens with one attached hydrogen (secondary N) is 1. The Morgan fingerprint density at radius 2 is 2.22 bits per heavy atom. The van der Waals surface area contributed by atoms with Crippen LogP contribution in [0.2, 0.25) is 0 Å². The van der Waals surface area contributed by atoms with Gasteiger partial charge >= 0.3 is 6.03 Å². The molecule has 3 heterocycles. The normalized spacial score (nSPS) is 18.1. The number of hydrogen-bond donors (Lipinski definition) is 1. The standard InChI is InChI=1S/C14H16BrN5O2S/c1-8(2)20-6-10(17-18-20)4-11-13(21)19(14(22)16-11)5-9-3-12(15)23-7-9/h3,6-8,11H,4-5H2,1-2H3,(H,16,22)/t11-/m0/s1. The smallest absolute Gasteiger partial charge is 0.325 e. The first-order valence-corrected chi connectivity index (χ1v) is 8.87. The number of carbonyl (C=O) groups excluding carboxylic acids is 2. The van der Waals surface area contributed by atoms with E-state index in [-0.39, 0.29) is 24.5 Å². The van der Waals surface area contributed by atoms with Crippen LogP contribution < -0.4 is 5.32 Å². The number of imide groups is 1. The lowest BCUT2D eigenvalue weighted by atomic mass is 10.1. The van der Waals surface area contributed by atoms with Crippen LogP contribution >= 0.6 is 27.3 Å². The summed E-state index contributed by atoms with van der Waals surface area (Å²) in [5.41, 5.74) is 1.62. The minimum atomic E-state index is -0.582. The number of halogens is 1. The summed E-state index contributed by atoms with van der Waals surface area (Å²) in [6, 6.07) is 1.17. The van der Waals surface area contributed by atoms with E-state index in [0.717, 1.165) is 9.35 Å². The minimum absolute atomic E-state index is 0.207. The molecular formula is C14H16BrN5O2S. The van der Waals surface area contributed by atoms with Crippen LogP contribution in [0.4, 0.5) is 4.79 Å². The Hall–Kier alpha value is -1.74. The Morgan fingerprint density at radius 1 is 1.43 bits per heavy atom. The molecular weight excluding hydrogens is 382 g/mol. The quantitative estimate of drug-likeness (QED) is 0.785. The van der Waals surface area contributed by atoms with Crippen molar-refractivity contribution in [1.82, 2.24) is 25.2 Å². The summed E-state index contributed by atoms with van der Waals surface area (Å²) < 4.78 is 2.71. The lowest BCUT2D eigenvalue weighted by Gasteiger charge is -2.11. The molecule has 23 heavy (non-hydrogen) atoms. The molecule has 1 aliphatic heterocycles. The van der Waals surface area contributed by atoms with Crippen LogP contribution in [0.25, 0.3) is 0 Å². The molecule has 0 aromatic carbocycles. The first-order chi connectivity index (χ1) is 10.9. The number of aromatic nitrogens is 3. The van der Waals surface area contributed by atoms with Crippen LogP contribution in [-0.4, -0.2) is 37.9 Å². The second kappa shape index (κ2) is 6.40. The van der Waals surface area contributed by atoms with Crippen molar-refractivity contribution in [2.45, 2.75) is 38.9 Å². The number of thiophene rings is 1. The molecule has 122 valence electrons. The maximum absolute atomic E-state index is 12.5. The van der Waals surface area contributed by atoms with Crippen LogP contribution in [0.1, 0.15) is 31.1 Å². The van der Waals surface area contributed by atoms with Gasteiger partial charge in [0.25, 0.3) is 5.91 Å². The van der Waals surface area contributed by atoms with Gasteiger partial charge in [0.2, 0.25) is 0 Å². The molecule has 0 saturated carbocycles. The lowest BCUT2D eigenvalue weighted by molar-refractivity contribution is -0.127. The molecule has 1 aliphatic rings. The van der Waals surface area contributed by atoms with E-state index in [0.29, 0.717) is 12.1 Å². The summed E-state index contributed by atoms with van der Waals surface area (Å²) in [5, 5.41) is 12.7. The van der Waals surface area contributed by atoms with Gasteiger partial charge in [0.15, 0.2) is 0 Å². The maximum atomic E-state index is 12.5. The average molecular weight is 398 g/mol. The molecule has 2 aromatic heterocycles. The van der Waals surface area contributed by atoms with Crippen molar-refractivity contribution in [3.8, 4) is 0 Å². The monoisotopic (exact) mass is 397 g/mol. The van der Waals surface area contributed by atoms with Gasteiger partial charge in [0.05, 0.1) is 16.0 Å². The van der Waals surface area contributed by atoms with Crippen LogP contribution in [0.3, 0.4) is 0 Å². The first-order valence-electron chi connectivity index (χ1n) is 7.19. The van der Waals surface area contributed by atoms with Gasteiger partial charge < -0.3 is 5.32 Å². The predicted molar refractivity (Wildman–Crippen MR) is 89.0 cm³/mol. The number of amides is 3. The number of hydrogen-bond acceptors (Lipinski definition) is 5. The van der Waals surface area contributed by atoms with Crippen molar-refractivity contribution in [1.29, 1.82) is 0 Å². The van der Waals surface area contributed by atoms with E-state index < -0.39 is 6.04 Å². The van der Waals surface area contributed by atoms with Gasteiger partial charge in [-0.25, -0.2) is 9.48 Å². The highest BCUT2D eigenvalue weighted by atomic mass is 79.9. The molecule has 1 atom stereocenters. The van der Waals surface area contributed by atoms with Crippen molar-refractivity contribution < 1.29 is 9.59 Å². The van der Waals surface area contributed by atoms with Gasteiger partial charge in [-0.15, -0.1) is 16.4 Å². The molecule has 3 amide bonds. The van der Waals surface area contributed by atoms with Crippen LogP contribution in [-0.2, 0) is 17.8 Å². The van der Waals surface area contributed by atoms with Crippen molar-refractivity contribution in [2.24, 2.45) is 0 Å². The van der Waals surface area contributed by atoms with E-state index in [1.807, 2.05) is 31.5 Å².